The van der Waals surface area contributed by atoms with E-state index >= 15 is 0 Å². The summed E-state index contributed by atoms with van der Waals surface area (Å²) in [4.78, 5) is 17.8. The molecular formula is C20H27F4N3O2. The highest BCUT2D eigenvalue weighted by Crippen LogP contribution is 2.24. The molecule has 2 aliphatic rings. The largest absolute Gasteiger partial charge is 0.462 e. The molecule has 2 saturated heterocycles. The number of benzene rings is 1. The van der Waals surface area contributed by atoms with Gasteiger partial charge in [-0.15, -0.1) is 0 Å². The fraction of sp³-hybridized carbons (Fsp3) is 0.650. The molecule has 0 bridgehead atoms. The van der Waals surface area contributed by atoms with Crippen LogP contribution in [0.5, 0.6) is 0 Å². The van der Waals surface area contributed by atoms with Crippen LogP contribution in [0, 0.1) is 11.7 Å². The maximum absolute atomic E-state index is 14.5. The summed E-state index contributed by atoms with van der Waals surface area (Å²) in [6.45, 7) is 3.05. The molecule has 2 aliphatic heterocycles. The van der Waals surface area contributed by atoms with Gasteiger partial charge in [0, 0.05) is 26.2 Å². The van der Waals surface area contributed by atoms with Crippen LogP contribution in [0.4, 0.5) is 23.2 Å². The zero-order chi connectivity index (χ0) is 21.0. The quantitative estimate of drug-likeness (QED) is 0.544. The Morgan fingerprint density at radius 3 is 2.34 bits per heavy atom. The normalized spacial score (nSPS) is 20.1. The van der Waals surface area contributed by atoms with Crippen molar-refractivity contribution in [3.63, 3.8) is 0 Å². The van der Waals surface area contributed by atoms with E-state index in [0.29, 0.717) is 31.6 Å². The third kappa shape index (κ3) is 6.30. The molecule has 29 heavy (non-hydrogen) atoms. The summed E-state index contributed by atoms with van der Waals surface area (Å²) in [7, 11) is 2.02. The minimum absolute atomic E-state index is 0.0258. The van der Waals surface area contributed by atoms with Crippen LogP contribution in [0.15, 0.2) is 18.2 Å². The minimum atomic E-state index is -4.19. The van der Waals surface area contributed by atoms with E-state index in [1.807, 2.05) is 11.9 Å². The third-order valence-corrected chi connectivity index (χ3v) is 5.59. The number of piperazine rings is 1. The second kappa shape index (κ2) is 9.30. The minimum Gasteiger partial charge on any atom is -0.462 e. The Hall–Kier alpha value is -1.87. The van der Waals surface area contributed by atoms with Gasteiger partial charge in [0.15, 0.2) is 0 Å². The number of rotatable bonds is 5. The number of likely N-dealkylation sites (tertiary alicyclic amines) is 1. The first-order valence-electron chi connectivity index (χ1n) is 9.90. The molecule has 1 aromatic rings. The fourth-order valence-electron chi connectivity index (χ4n) is 3.78. The summed E-state index contributed by atoms with van der Waals surface area (Å²) >= 11 is 0. The molecule has 0 aliphatic carbocycles. The van der Waals surface area contributed by atoms with Gasteiger partial charge >= 0.3 is 12.1 Å². The van der Waals surface area contributed by atoms with Crippen molar-refractivity contribution in [3.8, 4) is 0 Å². The Morgan fingerprint density at radius 1 is 1.10 bits per heavy atom. The molecule has 9 heteroatoms. The van der Waals surface area contributed by atoms with Crippen molar-refractivity contribution in [1.29, 1.82) is 0 Å². The number of alkyl halides is 3. The number of piperidine rings is 1. The molecule has 1 aromatic carbocycles. The topological polar surface area (TPSA) is 36.0 Å². The van der Waals surface area contributed by atoms with Gasteiger partial charge in [-0.25, -0.2) is 9.18 Å². The van der Waals surface area contributed by atoms with Crippen molar-refractivity contribution in [1.82, 2.24) is 9.80 Å². The average Bonchev–Trinajstić information content (AvgIpc) is 2.67. The van der Waals surface area contributed by atoms with Crippen molar-refractivity contribution < 1.29 is 27.1 Å². The maximum Gasteiger partial charge on any atom is 0.401 e. The lowest BCUT2D eigenvalue weighted by atomic mass is 9.98. The molecule has 0 amide bonds. The predicted molar refractivity (Wildman–Crippen MR) is 102 cm³/mol. The van der Waals surface area contributed by atoms with Crippen LogP contribution in [0.3, 0.4) is 0 Å². The molecule has 0 spiro atoms. The van der Waals surface area contributed by atoms with Gasteiger partial charge in [-0.2, -0.15) is 13.2 Å². The smallest absolute Gasteiger partial charge is 0.401 e. The monoisotopic (exact) mass is 417 g/mol. The Labute approximate surface area is 168 Å². The Kier molecular flexibility index (Phi) is 7.00. The highest BCUT2D eigenvalue weighted by Gasteiger charge is 2.32. The average molecular weight is 417 g/mol. The molecule has 0 radical (unpaired) electrons. The number of esters is 1. The number of carbonyl (C=O) groups excluding carboxylic acids is 1. The van der Waals surface area contributed by atoms with Gasteiger partial charge in [-0.1, -0.05) is 0 Å². The Bertz CT molecular complexity index is 697. The standard InChI is InChI=1S/C20H27F4N3O2/c1-25-8-10-27(11-9-25)18-3-2-16(12-17(18)21)19(28)29-13-15-4-6-26(7-5-15)14-20(22,23)24/h2-3,12,15H,4-11,13-14H2,1H3. The first-order valence-corrected chi connectivity index (χ1v) is 9.90. The number of likely N-dealkylation sites (N-methyl/N-ethyl adjacent to an activating group) is 1. The number of hydrogen-bond donors (Lipinski definition) is 0. The van der Waals surface area contributed by atoms with Crippen LogP contribution in [0.25, 0.3) is 0 Å². The molecule has 0 aromatic heterocycles. The van der Waals surface area contributed by atoms with Crippen LogP contribution in [-0.4, -0.2) is 81.4 Å². The van der Waals surface area contributed by atoms with Crippen LogP contribution in [0.2, 0.25) is 0 Å². The van der Waals surface area contributed by atoms with E-state index in [9.17, 15) is 22.4 Å². The summed E-state index contributed by atoms with van der Waals surface area (Å²) in [5.74, 6) is -1.03. The van der Waals surface area contributed by atoms with Gasteiger partial charge in [-0.3, -0.25) is 4.90 Å². The molecular weight excluding hydrogens is 390 g/mol. The predicted octanol–water partition coefficient (Wildman–Crippen LogP) is 3.01. The highest BCUT2D eigenvalue weighted by molar-refractivity contribution is 5.90. The van der Waals surface area contributed by atoms with E-state index < -0.39 is 24.5 Å². The molecule has 0 unspecified atom stereocenters. The number of carbonyl (C=O) groups is 1. The first kappa shape index (κ1) is 21.8. The van der Waals surface area contributed by atoms with Gasteiger partial charge in [0.1, 0.15) is 5.82 Å². The molecule has 3 rings (SSSR count). The summed E-state index contributed by atoms with van der Waals surface area (Å²) in [5.41, 5.74) is 0.626. The van der Waals surface area contributed by atoms with Gasteiger partial charge in [-0.05, 0) is 57.1 Å². The first-order chi connectivity index (χ1) is 13.7. The van der Waals surface area contributed by atoms with Crippen LogP contribution >= 0.6 is 0 Å². The molecule has 162 valence electrons. The van der Waals surface area contributed by atoms with E-state index in [2.05, 4.69) is 4.90 Å². The number of halogens is 4. The number of anilines is 1. The van der Waals surface area contributed by atoms with Crippen molar-refractivity contribution in [2.45, 2.75) is 19.0 Å². The second-order valence-corrected chi connectivity index (χ2v) is 7.89. The van der Waals surface area contributed by atoms with E-state index in [0.717, 1.165) is 26.2 Å². The molecule has 2 heterocycles. The fourth-order valence-corrected chi connectivity index (χ4v) is 3.78. The van der Waals surface area contributed by atoms with Gasteiger partial charge in [0.2, 0.25) is 0 Å². The molecule has 5 nitrogen and oxygen atoms in total. The lowest BCUT2D eigenvalue weighted by molar-refractivity contribution is -0.148. The van der Waals surface area contributed by atoms with Crippen molar-refractivity contribution in [2.24, 2.45) is 5.92 Å². The summed E-state index contributed by atoms with van der Waals surface area (Å²) in [5, 5.41) is 0. The lowest BCUT2D eigenvalue weighted by Gasteiger charge is -2.34. The molecule has 0 saturated carbocycles. The summed E-state index contributed by atoms with van der Waals surface area (Å²) in [6.07, 6.45) is -3.11. The maximum atomic E-state index is 14.5. The van der Waals surface area contributed by atoms with E-state index in [1.54, 1.807) is 12.1 Å². The number of ether oxygens (including phenoxy) is 1. The van der Waals surface area contributed by atoms with E-state index in [-0.39, 0.29) is 18.1 Å². The molecule has 0 N–H and O–H groups in total. The summed E-state index contributed by atoms with van der Waals surface area (Å²) < 4.78 is 57.1. The highest BCUT2D eigenvalue weighted by atomic mass is 19.4. The number of nitrogens with zero attached hydrogens (tertiary/aromatic N) is 3. The summed E-state index contributed by atoms with van der Waals surface area (Å²) in [6, 6.07) is 4.36. The van der Waals surface area contributed by atoms with Crippen LogP contribution in [0.1, 0.15) is 23.2 Å². The zero-order valence-electron chi connectivity index (χ0n) is 16.6. The van der Waals surface area contributed by atoms with Crippen molar-refractivity contribution in [3.05, 3.63) is 29.6 Å². The van der Waals surface area contributed by atoms with Gasteiger partial charge in [0.25, 0.3) is 0 Å². The second-order valence-electron chi connectivity index (χ2n) is 7.89. The lowest BCUT2D eigenvalue weighted by Crippen LogP contribution is -2.44. The Balaban J connectivity index is 1.47. The van der Waals surface area contributed by atoms with E-state index in [1.165, 1.54) is 11.0 Å². The van der Waals surface area contributed by atoms with Crippen LogP contribution < -0.4 is 4.90 Å². The Morgan fingerprint density at radius 2 is 1.76 bits per heavy atom. The van der Waals surface area contributed by atoms with Crippen molar-refractivity contribution in [2.75, 3.05) is 64.4 Å². The molecule has 0 atom stereocenters. The molecule has 2 fully saturated rings. The number of hydrogen-bond acceptors (Lipinski definition) is 5. The van der Waals surface area contributed by atoms with E-state index in [4.69, 9.17) is 4.74 Å². The van der Waals surface area contributed by atoms with Gasteiger partial charge < -0.3 is 14.5 Å². The van der Waals surface area contributed by atoms with Crippen molar-refractivity contribution >= 4 is 11.7 Å². The third-order valence-electron chi connectivity index (χ3n) is 5.59. The van der Waals surface area contributed by atoms with Gasteiger partial charge in [0.05, 0.1) is 24.4 Å². The zero-order valence-corrected chi connectivity index (χ0v) is 16.6. The van der Waals surface area contributed by atoms with Crippen LogP contribution in [-0.2, 0) is 4.74 Å². The SMILES string of the molecule is CN1CCN(c2ccc(C(=O)OCC3CCN(CC(F)(F)F)CC3)cc2F)CC1.